The average molecular weight is 281 g/mol. The molecule has 1 heterocycles. The fourth-order valence-corrected chi connectivity index (χ4v) is 1.89. The monoisotopic (exact) mass is 281 g/mol. The van der Waals surface area contributed by atoms with Crippen molar-refractivity contribution in [3.05, 3.63) is 36.4 Å². The van der Waals surface area contributed by atoms with Gasteiger partial charge in [0.05, 0.1) is 0 Å². The van der Waals surface area contributed by atoms with E-state index in [1.54, 1.807) is 12.1 Å². The van der Waals surface area contributed by atoms with Crippen molar-refractivity contribution in [1.82, 2.24) is 15.0 Å². The van der Waals surface area contributed by atoms with E-state index in [-0.39, 0.29) is 23.6 Å². The topological polar surface area (TPSA) is 136 Å². The Kier molecular flexibility index (Phi) is 3.03. The van der Waals surface area contributed by atoms with Crippen molar-refractivity contribution in [2.24, 2.45) is 10.2 Å². The van der Waals surface area contributed by atoms with E-state index >= 15 is 0 Å². The Morgan fingerprint density at radius 1 is 0.857 bits per heavy atom. The number of nitrogen functional groups attached to an aromatic ring is 2. The smallest absolute Gasteiger partial charge is 0.275 e. The number of phenols is 1. The lowest BCUT2D eigenvalue weighted by Crippen LogP contribution is -2.01. The first-order valence-electron chi connectivity index (χ1n) is 6.03. The molecular weight excluding hydrogens is 270 g/mol. The van der Waals surface area contributed by atoms with Crippen LogP contribution in [0, 0.1) is 0 Å². The summed E-state index contributed by atoms with van der Waals surface area (Å²) in [5, 5.41) is 19.5. The van der Waals surface area contributed by atoms with Gasteiger partial charge in [-0.15, -0.1) is 10.2 Å². The van der Waals surface area contributed by atoms with Crippen LogP contribution in [0.2, 0.25) is 0 Å². The molecule has 0 aliphatic heterocycles. The predicted molar refractivity (Wildman–Crippen MR) is 78.4 cm³/mol. The van der Waals surface area contributed by atoms with Crippen LogP contribution in [0.4, 0.5) is 23.5 Å². The molecule has 1 aromatic heterocycles. The fraction of sp³-hybridized carbons (Fsp3) is 0. The Balaban J connectivity index is 2.08. The van der Waals surface area contributed by atoms with E-state index in [0.717, 1.165) is 10.8 Å². The van der Waals surface area contributed by atoms with Crippen LogP contribution in [0.5, 0.6) is 5.75 Å². The first-order valence-corrected chi connectivity index (χ1v) is 6.03. The summed E-state index contributed by atoms with van der Waals surface area (Å²) in [5.74, 6) is -0.100. The summed E-state index contributed by atoms with van der Waals surface area (Å²) in [7, 11) is 0. The van der Waals surface area contributed by atoms with Crippen molar-refractivity contribution >= 4 is 34.3 Å². The summed E-state index contributed by atoms with van der Waals surface area (Å²) in [4.78, 5) is 11.2. The minimum Gasteiger partial charge on any atom is -0.506 e. The standard InChI is InChI=1S/C13H11N7O/c14-11-16-12(15)18-13(17-11)20-19-10-8-4-2-1-3-7(8)5-6-9(10)21/h1-6,21H,(H4,14,15,16,17,18)/b20-19+. The second-order valence-electron chi connectivity index (χ2n) is 4.21. The number of nitrogens with two attached hydrogens (primary N) is 2. The lowest BCUT2D eigenvalue weighted by atomic mass is 10.1. The Morgan fingerprint density at radius 3 is 2.33 bits per heavy atom. The number of hydrogen-bond acceptors (Lipinski definition) is 8. The largest absolute Gasteiger partial charge is 0.506 e. The van der Waals surface area contributed by atoms with Gasteiger partial charge in [-0.05, 0) is 11.5 Å². The number of fused-ring (bicyclic) bond motifs is 1. The summed E-state index contributed by atoms with van der Waals surface area (Å²) in [6.45, 7) is 0. The second kappa shape index (κ2) is 5.00. The van der Waals surface area contributed by atoms with Gasteiger partial charge in [-0.2, -0.15) is 15.0 Å². The average Bonchev–Trinajstić information content (AvgIpc) is 2.45. The molecule has 8 heteroatoms. The number of rotatable bonds is 2. The van der Waals surface area contributed by atoms with Crippen molar-refractivity contribution in [2.75, 3.05) is 11.5 Å². The zero-order valence-corrected chi connectivity index (χ0v) is 10.8. The maximum Gasteiger partial charge on any atom is 0.275 e. The van der Waals surface area contributed by atoms with E-state index in [0.29, 0.717) is 5.69 Å². The number of aromatic nitrogens is 3. The molecule has 0 bridgehead atoms. The van der Waals surface area contributed by atoms with Crippen molar-refractivity contribution in [1.29, 1.82) is 0 Å². The molecule has 0 spiro atoms. The van der Waals surface area contributed by atoms with E-state index in [1.165, 1.54) is 0 Å². The van der Waals surface area contributed by atoms with Crippen LogP contribution < -0.4 is 11.5 Å². The molecule has 0 saturated heterocycles. The summed E-state index contributed by atoms with van der Waals surface area (Å²) >= 11 is 0. The highest BCUT2D eigenvalue weighted by atomic mass is 16.3. The molecule has 0 radical (unpaired) electrons. The highest BCUT2D eigenvalue weighted by molar-refractivity contribution is 5.95. The number of azo groups is 1. The highest BCUT2D eigenvalue weighted by Crippen LogP contribution is 2.35. The minimum absolute atomic E-state index is 0.00690. The van der Waals surface area contributed by atoms with E-state index < -0.39 is 0 Å². The quantitative estimate of drug-likeness (QED) is 0.616. The van der Waals surface area contributed by atoms with Crippen LogP contribution in [0.1, 0.15) is 0 Å². The van der Waals surface area contributed by atoms with E-state index in [4.69, 9.17) is 11.5 Å². The molecular formula is C13H11N7O. The van der Waals surface area contributed by atoms with E-state index in [2.05, 4.69) is 25.2 Å². The van der Waals surface area contributed by atoms with Gasteiger partial charge >= 0.3 is 0 Å². The van der Waals surface area contributed by atoms with Crippen LogP contribution >= 0.6 is 0 Å². The first-order chi connectivity index (χ1) is 10.1. The van der Waals surface area contributed by atoms with Gasteiger partial charge < -0.3 is 16.6 Å². The summed E-state index contributed by atoms with van der Waals surface area (Å²) in [5.41, 5.74) is 11.2. The predicted octanol–water partition coefficient (Wildman–Crippen LogP) is 2.31. The number of phenolic OH excluding ortho intramolecular Hbond substituents is 1. The van der Waals surface area contributed by atoms with Crippen molar-refractivity contribution < 1.29 is 5.11 Å². The molecule has 0 unspecified atom stereocenters. The molecule has 5 N–H and O–H groups in total. The molecule has 3 aromatic rings. The Labute approximate surface area is 119 Å². The molecule has 104 valence electrons. The Bertz CT molecular complexity index is 827. The maximum absolute atomic E-state index is 9.94. The molecule has 0 aliphatic rings. The number of anilines is 2. The molecule has 21 heavy (non-hydrogen) atoms. The molecule has 8 nitrogen and oxygen atoms in total. The maximum atomic E-state index is 9.94. The van der Waals surface area contributed by atoms with Gasteiger partial charge in [-0.3, -0.25) is 0 Å². The number of benzene rings is 2. The van der Waals surface area contributed by atoms with Gasteiger partial charge in [-0.1, -0.05) is 30.3 Å². The van der Waals surface area contributed by atoms with Crippen LogP contribution in [-0.2, 0) is 0 Å². The van der Waals surface area contributed by atoms with Crippen LogP contribution in [0.3, 0.4) is 0 Å². The van der Waals surface area contributed by atoms with E-state index in [9.17, 15) is 5.11 Å². The third-order valence-electron chi connectivity index (χ3n) is 2.78. The van der Waals surface area contributed by atoms with Crippen molar-refractivity contribution in [3.63, 3.8) is 0 Å². The summed E-state index contributed by atoms with van der Waals surface area (Å²) in [6.07, 6.45) is 0. The molecule has 0 atom stereocenters. The molecule has 3 rings (SSSR count). The zero-order chi connectivity index (χ0) is 14.8. The fourth-order valence-electron chi connectivity index (χ4n) is 1.89. The van der Waals surface area contributed by atoms with Gasteiger partial charge in [-0.25, -0.2) is 0 Å². The lowest BCUT2D eigenvalue weighted by Gasteiger charge is -2.03. The van der Waals surface area contributed by atoms with Crippen LogP contribution in [0.15, 0.2) is 46.6 Å². The zero-order valence-electron chi connectivity index (χ0n) is 10.8. The van der Waals surface area contributed by atoms with Gasteiger partial charge in [0.15, 0.2) is 0 Å². The molecule has 0 fully saturated rings. The Hall–Kier alpha value is -3.29. The van der Waals surface area contributed by atoms with Gasteiger partial charge in [0.2, 0.25) is 11.9 Å². The third-order valence-corrected chi connectivity index (χ3v) is 2.78. The van der Waals surface area contributed by atoms with Gasteiger partial charge in [0.25, 0.3) is 5.95 Å². The molecule has 0 amide bonds. The van der Waals surface area contributed by atoms with Crippen molar-refractivity contribution in [2.45, 2.75) is 0 Å². The van der Waals surface area contributed by atoms with Gasteiger partial charge in [0.1, 0.15) is 11.4 Å². The lowest BCUT2D eigenvalue weighted by molar-refractivity contribution is 0.477. The van der Waals surface area contributed by atoms with E-state index in [1.807, 2.05) is 24.3 Å². The minimum atomic E-state index is -0.0430. The number of nitrogens with zero attached hydrogens (tertiary/aromatic N) is 5. The molecule has 2 aromatic carbocycles. The highest BCUT2D eigenvalue weighted by Gasteiger charge is 2.06. The van der Waals surface area contributed by atoms with Crippen LogP contribution in [0.25, 0.3) is 10.8 Å². The first kappa shape index (κ1) is 12.7. The SMILES string of the molecule is Nc1nc(N)nc(/N=N/c2c(O)ccc3ccccc23)n1. The van der Waals surface area contributed by atoms with Crippen molar-refractivity contribution in [3.8, 4) is 5.75 Å². The summed E-state index contributed by atoms with van der Waals surface area (Å²) < 4.78 is 0. The van der Waals surface area contributed by atoms with Crippen LogP contribution in [-0.4, -0.2) is 20.1 Å². The van der Waals surface area contributed by atoms with Gasteiger partial charge in [0, 0.05) is 5.39 Å². The number of aromatic hydroxyl groups is 1. The normalized spacial score (nSPS) is 11.2. The summed E-state index contributed by atoms with van der Waals surface area (Å²) in [6, 6.07) is 10.8. The number of hydrogen-bond donors (Lipinski definition) is 3. The molecule has 0 saturated carbocycles. The molecule has 0 aliphatic carbocycles. The third kappa shape index (κ3) is 2.54. The Morgan fingerprint density at radius 2 is 1.57 bits per heavy atom. The second-order valence-corrected chi connectivity index (χ2v) is 4.21.